The minimum atomic E-state index is -0.696. The molecule has 0 bridgehead atoms. The second kappa shape index (κ2) is 7.81. The average Bonchev–Trinajstić information content (AvgIpc) is 2.73. The summed E-state index contributed by atoms with van der Waals surface area (Å²) in [6, 6.07) is 15.2. The molecule has 4 rings (SSSR count). The Morgan fingerprint density at radius 2 is 1.84 bits per heavy atom. The number of benzene rings is 2. The van der Waals surface area contributed by atoms with Gasteiger partial charge in [-0.05, 0) is 29.5 Å². The van der Waals surface area contributed by atoms with Gasteiger partial charge in [-0.2, -0.15) is 5.26 Å². The van der Waals surface area contributed by atoms with Crippen LogP contribution in [-0.2, 0) is 4.79 Å². The number of nitrogens with zero attached hydrogens (tertiary/aromatic N) is 3. The number of carbonyl (C=O) groups is 1. The maximum Gasteiger partial charge on any atom is 0.269 e. The normalized spacial score (nSPS) is 20.1. The molecule has 1 unspecified atom stereocenters. The number of hydrogen-bond donors (Lipinski definition) is 1. The summed E-state index contributed by atoms with van der Waals surface area (Å²) in [6.07, 6.45) is 0.881. The Bertz CT molecular complexity index is 1240. The van der Waals surface area contributed by atoms with Crippen molar-refractivity contribution in [3.05, 3.63) is 91.9 Å². The molecular weight excluding hydrogens is 428 g/mol. The third-order valence-electron chi connectivity index (χ3n) is 5.91. The van der Waals surface area contributed by atoms with Crippen molar-refractivity contribution in [1.82, 2.24) is 0 Å². The van der Waals surface area contributed by atoms with Crippen molar-refractivity contribution >= 4 is 28.8 Å². The van der Waals surface area contributed by atoms with Crippen LogP contribution in [0.1, 0.15) is 38.2 Å². The minimum absolute atomic E-state index is 0.0666. The quantitative estimate of drug-likeness (QED) is 0.510. The molecule has 0 fully saturated rings. The Hall–Kier alpha value is -3.63. The second-order valence-electron chi connectivity index (χ2n) is 8.78. The van der Waals surface area contributed by atoms with E-state index in [1.54, 1.807) is 35.2 Å². The average molecular weight is 449 g/mol. The summed E-state index contributed by atoms with van der Waals surface area (Å²) in [5, 5.41) is 21.6. The number of rotatable bonds is 3. The number of nitriles is 1. The lowest BCUT2D eigenvalue weighted by molar-refractivity contribution is -0.384. The lowest BCUT2D eigenvalue weighted by atomic mass is 9.68. The molecule has 162 valence electrons. The van der Waals surface area contributed by atoms with E-state index in [0.29, 0.717) is 40.4 Å². The number of halogens is 1. The van der Waals surface area contributed by atoms with Gasteiger partial charge in [-0.15, -0.1) is 0 Å². The van der Waals surface area contributed by atoms with Crippen LogP contribution in [0.2, 0.25) is 5.02 Å². The molecule has 2 aromatic carbocycles. The van der Waals surface area contributed by atoms with Crippen molar-refractivity contribution in [3.63, 3.8) is 0 Å². The third kappa shape index (κ3) is 3.53. The highest BCUT2D eigenvalue weighted by atomic mass is 35.5. The van der Waals surface area contributed by atoms with Gasteiger partial charge in [-0.25, -0.2) is 0 Å². The van der Waals surface area contributed by atoms with Gasteiger partial charge in [-0.1, -0.05) is 49.7 Å². The molecular formula is C24H21ClN4O3. The van der Waals surface area contributed by atoms with E-state index in [9.17, 15) is 20.2 Å². The van der Waals surface area contributed by atoms with Crippen molar-refractivity contribution in [1.29, 1.82) is 5.26 Å². The van der Waals surface area contributed by atoms with Crippen molar-refractivity contribution in [2.24, 2.45) is 11.1 Å². The zero-order valence-corrected chi connectivity index (χ0v) is 18.4. The number of nitro benzene ring substituents is 1. The molecule has 7 nitrogen and oxygen atoms in total. The predicted molar refractivity (Wildman–Crippen MR) is 122 cm³/mol. The number of anilines is 1. The molecule has 0 radical (unpaired) electrons. The molecule has 1 aliphatic carbocycles. The molecule has 2 aliphatic rings. The SMILES string of the molecule is CC1(C)CC(=O)C2=C(C1)N(c1ccccc1Cl)C(N)=C(C#N)C2c1ccc([N+](=O)[O-])cc1. The minimum Gasteiger partial charge on any atom is -0.384 e. The van der Waals surface area contributed by atoms with E-state index in [1.807, 2.05) is 19.9 Å². The molecule has 0 saturated heterocycles. The van der Waals surface area contributed by atoms with Crippen molar-refractivity contribution in [2.45, 2.75) is 32.6 Å². The van der Waals surface area contributed by atoms with Gasteiger partial charge in [0.25, 0.3) is 5.69 Å². The van der Waals surface area contributed by atoms with Crippen LogP contribution in [-0.4, -0.2) is 10.7 Å². The molecule has 0 amide bonds. The Morgan fingerprint density at radius 3 is 2.44 bits per heavy atom. The van der Waals surface area contributed by atoms with E-state index >= 15 is 0 Å². The number of ketones is 1. The Labute approximate surface area is 190 Å². The van der Waals surface area contributed by atoms with Crippen LogP contribution in [0.5, 0.6) is 0 Å². The van der Waals surface area contributed by atoms with E-state index in [1.165, 1.54) is 12.1 Å². The summed E-state index contributed by atoms with van der Waals surface area (Å²) in [4.78, 5) is 25.8. The van der Waals surface area contributed by atoms with Crippen LogP contribution in [0.15, 0.2) is 71.2 Å². The molecule has 1 aliphatic heterocycles. The summed E-state index contributed by atoms with van der Waals surface area (Å²) in [5.74, 6) is -0.566. The Morgan fingerprint density at radius 1 is 1.19 bits per heavy atom. The zero-order chi connectivity index (χ0) is 23.2. The molecule has 8 heteroatoms. The third-order valence-corrected chi connectivity index (χ3v) is 6.23. The molecule has 32 heavy (non-hydrogen) atoms. The summed E-state index contributed by atoms with van der Waals surface area (Å²) >= 11 is 6.48. The molecule has 0 spiro atoms. The van der Waals surface area contributed by atoms with Crippen molar-refractivity contribution < 1.29 is 9.72 Å². The first-order chi connectivity index (χ1) is 15.1. The lowest BCUT2D eigenvalue weighted by Crippen LogP contribution is -2.42. The fourth-order valence-corrected chi connectivity index (χ4v) is 4.76. The maximum atomic E-state index is 13.4. The molecule has 0 aromatic heterocycles. The van der Waals surface area contributed by atoms with Gasteiger partial charge in [0.2, 0.25) is 0 Å². The first kappa shape index (κ1) is 21.6. The van der Waals surface area contributed by atoms with E-state index in [-0.39, 0.29) is 28.3 Å². The Balaban J connectivity index is 1.98. The first-order valence-corrected chi connectivity index (χ1v) is 10.5. The van der Waals surface area contributed by atoms with Crippen LogP contribution >= 0.6 is 11.6 Å². The summed E-state index contributed by atoms with van der Waals surface area (Å²) in [7, 11) is 0. The van der Waals surface area contributed by atoms with Crippen LogP contribution in [0.4, 0.5) is 11.4 Å². The fourth-order valence-electron chi connectivity index (χ4n) is 4.54. The van der Waals surface area contributed by atoms with E-state index in [0.717, 1.165) is 0 Å². The van der Waals surface area contributed by atoms with Crippen LogP contribution < -0.4 is 10.6 Å². The van der Waals surface area contributed by atoms with Gasteiger partial charge in [0.1, 0.15) is 5.82 Å². The Kier molecular flexibility index (Phi) is 5.27. The lowest BCUT2D eigenvalue weighted by Gasteiger charge is -2.44. The molecule has 1 heterocycles. The summed E-state index contributed by atoms with van der Waals surface area (Å²) in [6.45, 7) is 4.03. The van der Waals surface area contributed by atoms with E-state index in [4.69, 9.17) is 17.3 Å². The molecule has 0 saturated carbocycles. The molecule has 2 aromatic rings. The van der Waals surface area contributed by atoms with Crippen molar-refractivity contribution in [3.8, 4) is 6.07 Å². The second-order valence-corrected chi connectivity index (χ2v) is 9.19. The fraction of sp³-hybridized carbons (Fsp3) is 0.250. The smallest absolute Gasteiger partial charge is 0.269 e. The van der Waals surface area contributed by atoms with Gasteiger partial charge in [0.05, 0.1) is 33.2 Å². The summed E-state index contributed by atoms with van der Waals surface area (Å²) < 4.78 is 0. The number of allylic oxidation sites excluding steroid dienone is 3. The van der Waals surface area contributed by atoms with Gasteiger partial charge in [-0.3, -0.25) is 19.8 Å². The highest BCUT2D eigenvalue weighted by molar-refractivity contribution is 6.33. The highest BCUT2D eigenvalue weighted by Crippen LogP contribution is 2.51. The molecule has 1 atom stereocenters. The number of nitro groups is 1. The number of para-hydroxylation sites is 1. The van der Waals surface area contributed by atoms with Gasteiger partial charge < -0.3 is 5.73 Å². The van der Waals surface area contributed by atoms with Gasteiger partial charge in [0.15, 0.2) is 5.78 Å². The number of carbonyl (C=O) groups excluding carboxylic acids is 1. The van der Waals surface area contributed by atoms with Crippen LogP contribution in [0, 0.1) is 26.9 Å². The first-order valence-electron chi connectivity index (χ1n) is 10.1. The number of nitrogens with two attached hydrogens (primary N) is 1. The number of non-ortho nitro benzene ring substituents is 1. The monoisotopic (exact) mass is 448 g/mol. The van der Waals surface area contributed by atoms with E-state index in [2.05, 4.69) is 6.07 Å². The van der Waals surface area contributed by atoms with Crippen LogP contribution in [0.3, 0.4) is 0 Å². The number of hydrogen-bond acceptors (Lipinski definition) is 6. The summed E-state index contributed by atoms with van der Waals surface area (Å²) in [5.41, 5.74) is 8.79. The van der Waals surface area contributed by atoms with Gasteiger partial charge in [0, 0.05) is 29.8 Å². The van der Waals surface area contributed by atoms with Gasteiger partial charge >= 0.3 is 0 Å². The van der Waals surface area contributed by atoms with Crippen molar-refractivity contribution in [2.75, 3.05) is 4.90 Å². The van der Waals surface area contributed by atoms with Crippen LogP contribution in [0.25, 0.3) is 0 Å². The standard InChI is InChI=1S/C24H21ClN4O3/c1-24(2)11-19-22(20(30)12-24)21(14-7-9-15(10-8-14)29(31)32)16(13-26)23(27)28(19)18-6-4-3-5-17(18)25/h3-10,21H,11-12,27H2,1-2H3. The highest BCUT2D eigenvalue weighted by Gasteiger charge is 2.45. The zero-order valence-electron chi connectivity index (χ0n) is 17.6. The van der Waals surface area contributed by atoms with E-state index < -0.39 is 10.8 Å². The topological polar surface area (TPSA) is 113 Å². The largest absolute Gasteiger partial charge is 0.384 e. The maximum absolute atomic E-state index is 13.4. The predicted octanol–water partition coefficient (Wildman–Crippen LogP) is 5.19. The number of Topliss-reactive ketones (excluding diaryl/α,β-unsaturated/α-hetero) is 1. The molecule has 2 N–H and O–H groups in total.